The number of nitrogens with one attached hydrogen (secondary N) is 1. The Bertz CT molecular complexity index is 365. The summed E-state index contributed by atoms with van der Waals surface area (Å²) in [5, 5.41) is 5.87. The third kappa shape index (κ3) is 5.60. The summed E-state index contributed by atoms with van der Waals surface area (Å²) < 4.78 is 0. The van der Waals surface area contributed by atoms with Gasteiger partial charge < -0.3 is 11.1 Å². The van der Waals surface area contributed by atoms with Gasteiger partial charge in [0.25, 0.3) is 0 Å². The minimum atomic E-state index is 0.110. The maximum Gasteiger partial charge on any atom is 0.220 e. The third-order valence-electron chi connectivity index (χ3n) is 3.04. The molecular weight excluding hydrogens is 246 g/mol. The van der Waals surface area contributed by atoms with Crippen LogP contribution in [0.4, 0.5) is 0 Å². The van der Waals surface area contributed by atoms with Crippen molar-refractivity contribution in [2.45, 2.75) is 46.1 Å². The normalized spacial score (nSPS) is 12.4. The highest BCUT2D eigenvalue weighted by molar-refractivity contribution is 7.09. The van der Waals surface area contributed by atoms with E-state index in [9.17, 15) is 4.79 Å². The quantitative estimate of drug-likeness (QED) is 0.760. The molecule has 0 aromatic carbocycles. The molecule has 102 valence electrons. The Balaban J connectivity index is 2.21. The number of carbonyl (C=O) groups excluding carboxylic acids is 1. The number of nitrogens with zero attached hydrogens (tertiary/aromatic N) is 1. The first-order valence-corrected chi connectivity index (χ1v) is 7.41. The van der Waals surface area contributed by atoms with Gasteiger partial charge in [-0.25, -0.2) is 4.98 Å². The molecule has 0 saturated carbocycles. The van der Waals surface area contributed by atoms with Gasteiger partial charge in [-0.15, -0.1) is 11.3 Å². The second kappa shape index (κ2) is 8.21. The lowest BCUT2D eigenvalue weighted by Gasteiger charge is -2.12. The number of hydrogen-bond acceptors (Lipinski definition) is 4. The van der Waals surface area contributed by atoms with E-state index in [1.807, 2.05) is 12.3 Å². The van der Waals surface area contributed by atoms with Crippen LogP contribution in [0.15, 0.2) is 5.38 Å². The largest absolute Gasteiger partial charge is 0.350 e. The van der Waals surface area contributed by atoms with Crippen LogP contribution in [0.5, 0.6) is 0 Å². The molecule has 1 aromatic heterocycles. The van der Waals surface area contributed by atoms with Crippen LogP contribution in [-0.4, -0.2) is 17.4 Å². The molecular formula is C13H23N3OS. The van der Waals surface area contributed by atoms with E-state index in [1.54, 1.807) is 11.3 Å². The number of rotatable bonds is 8. The molecule has 3 N–H and O–H groups in total. The molecule has 1 rings (SSSR count). The Morgan fingerprint density at radius 1 is 1.56 bits per heavy atom. The number of aromatic nitrogens is 1. The van der Waals surface area contributed by atoms with E-state index < -0.39 is 0 Å². The van der Waals surface area contributed by atoms with Gasteiger partial charge in [-0.05, 0) is 32.2 Å². The molecule has 5 heteroatoms. The number of thiazole rings is 1. The number of hydrogen-bond donors (Lipinski definition) is 2. The van der Waals surface area contributed by atoms with Crippen molar-refractivity contribution in [1.29, 1.82) is 0 Å². The van der Waals surface area contributed by atoms with Crippen LogP contribution in [0.25, 0.3) is 0 Å². The maximum atomic E-state index is 11.7. The van der Waals surface area contributed by atoms with Gasteiger partial charge >= 0.3 is 0 Å². The van der Waals surface area contributed by atoms with Gasteiger partial charge in [0.2, 0.25) is 5.91 Å². The lowest BCUT2D eigenvalue weighted by Crippen LogP contribution is -2.23. The van der Waals surface area contributed by atoms with Crippen molar-refractivity contribution in [2.75, 3.05) is 6.54 Å². The van der Waals surface area contributed by atoms with Crippen LogP contribution >= 0.6 is 11.3 Å². The minimum Gasteiger partial charge on any atom is -0.350 e. The summed E-state index contributed by atoms with van der Waals surface area (Å²) in [7, 11) is 0. The molecule has 0 radical (unpaired) electrons. The van der Waals surface area contributed by atoms with Gasteiger partial charge in [-0.1, -0.05) is 13.3 Å². The molecule has 0 aliphatic carbocycles. The highest BCUT2D eigenvalue weighted by atomic mass is 32.1. The van der Waals surface area contributed by atoms with E-state index in [4.69, 9.17) is 5.73 Å². The molecule has 0 aliphatic rings. The van der Waals surface area contributed by atoms with Gasteiger partial charge in [0.1, 0.15) is 5.01 Å². The highest BCUT2D eigenvalue weighted by Crippen LogP contribution is 2.14. The summed E-state index contributed by atoms with van der Waals surface area (Å²) in [6.07, 6.45) is 3.62. The van der Waals surface area contributed by atoms with Crippen LogP contribution in [0, 0.1) is 12.8 Å². The Hall–Kier alpha value is -0.940. The van der Waals surface area contributed by atoms with Crippen LogP contribution in [-0.2, 0) is 11.3 Å². The zero-order valence-electron chi connectivity index (χ0n) is 11.2. The summed E-state index contributed by atoms with van der Waals surface area (Å²) in [6.45, 7) is 5.36. The lowest BCUT2D eigenvalue weighted by molar-refractivity contribution is -0.121. The van der Waals surface area contributed by atoms with Crippen molar-refractivity contribution in [2.24, 2.45) is 11.7 Å². The fraction of sp³-hybridized carbons (Fsp3) is 0.692. The molecule has 0 spiro atoms. The van der Waals surface area contributed by atoms with Crippen LogP contribution in [0.1, 0.15) is 43.3 Å². The Morgan fingerprint density at radius 2 is 2.33 bits per heavy atom. The predicted octanol–water partition coefficient (Wildman–Crippen LogP) is 2.22. The summed E-state index contributed by atoms with van der Waals surface area (Å²) in [4.78, 5) is 16.0. The first-order valence-electron chi connectivity index (χ1n) is 6.53. The van der Waals surface area contributed by atoms with E-state index in [0.29, 0.717) is 25.4 Å². The fourth-order valence-corrected chi connectivity index (χ4v) is 2.58. The molecule has 4 nitrogen and oxygen atoms in total. The van der Waals surface area contributed by atoms with Gasteiger partial charge in [0, 0.05) is 17.5 Å². The number of amides is 1. The van der Waals surface area contributed by atoms with Gasteiger partial charge in [-0.3, -0.25) is 4.79 Å². The van der Waals surface area contributed by atoms with E-state index in [0.717, 1.165) is 30.0 Å². The highest BCUT2D eigenvalue weighted by Gasteiger charge is 2.09. The van der Waals surface area contributed by atoms with E-state index in [-0.39, 0.29) is 5.91 Å². The van der Waals surface area contributed by atoms with Crippen molar-refractivity contribution < 1.29 is 4.79 Å². The van der Waals surface area contributed by atoms with Crippen molar-refractivity contribution in [3.63, 3.8) is 0 Å². The average molecular weight is 269 g/mol. The van der Waals surface area contributed by atoms with Gasteiger partial charge in [0.05, 0.1) is 6.54 Å². The van der Waals surface area contributed by atoms with Crippen LogP contribution in [0.3, 0.4) is 0 Å². The molecule has 18 heavy (non-hydrogen) atoms. The second-order valence-corrected chi connectivity index (χ2v) is 5.49. The van der Waals surface area contributed by atoms with Gasteiger partial charge in [0.15, 0.2) is 0 Å². The van der Waals surface area contributed by atoms with E-state index in [2.05, 4.69) is 17.2 Å². The first-order chi connectivity index (χ1) is 8.65. The minimum absolute atomic E-state index is 0.110. The molecule has 1 heterocycles. The van der Waals surface area contributed by atoms with Crippen molar-refractivity contribution in [3.8, 4) is 0 Å². The standard InChI is InChI=1S/C13H23N3OS/c1-3-11(6-7-14)4-5-12(17)15-8-13-16-10(2)9-18-13/h9,11H,3-8,14H2,1-2H3,(H,15,17). The molecule has 0 bridgehead atoms. The van der Waals surface area contributed by atoms with Crippen molar-refractivity contribution in [3.05, 3.63) is 16.1 Å². The summed E-state index contributed by atoms with van der Waals surface area (Å²) in [5.41, 5.74) is 6.55. The zero-order valence-corrected chi connectivity index (χ0v) is 12.1. The fourth-order valence-electron chi connectivity index (χ4n) is 1.87. The lowest BCUT2D eigenvalue weighted by atomic mass is 9.96. The number of aryl methyl sites for hydroxylation is 1. The zero-order chi connectivity index (χ0) is 13.4. The first kappa shape index (κ1) is 15.1. The van der Waals surface area contributed by atoms with Crippen LogP contribution < -0.4 is 11.1 Å². The predicted molar refractivity (Wildman–Crippen MR) is 75.4 cm³/mol. The van der Waals surface area contributed by atoms with Gasteiger partial charge in [-0.2, -0.15) is 0 Å². The molecule has 1 amide bonds. The maximum absolute atomic E-state index is 11.7. The summed E-state index contributed by atoms with van der Waals surface area (Å²) in [6, 6.07) is 0. The summed E-state index contributed by atoms with van der Waals surface area (Å²) >= 11 is 1.59. The van der Waals surface area contributed by atoms with Crippen molar-refractivity contribution in [1.82, 2.24) is 10.3 Å². The Labute approximate surface area is 113 Å². The smallest absolute Gasteiger partial charge is 0.220 e. The van der Waals surface area contributed by atoms with E-state index in [1.165, 1.54) is 0 Å². The molecule has 1 unspecified atom stereocenters. The third-order valence-corrected chi connectivity index (χ3v) is 4.00. The Kier molecular flexibility index (Phi) is 6.90. The molecule has 0 fully saturated rings. The van der Waals surface area contributed by atoms with E-state index >= 15 is 0 Å². The average Bonchev–Trinajstić information content (AvgIpc) is 2.77. The molecule has 0 saturated heterocycles. The second-order valence-electron chi connectivity index (χ2n) is 4.55. The summed E-state index contributed by atoms with van der Waals surface area (Å²) in [5.74, 6) is 0.682. The SMILES string of the molecule is CCC(CCN)CCC(=O)NCc1nc(C)cs1. The molecule has 0 aliphatic heterocycles. The van der Waals surface area contributed by atoms with Crippen molar-refractivity contribution >= 4 is 17.2 Å². The Morgan fingerprint density at radius 3 is 2.89 bits per heavy atom. The topological polar surface area (TPSA) is 68.0 Å². The van der Waals surface area contributed by atoms with Crippen LogP contribution in [0.2, 0.25) is 0 Å². The number of nitrogens with two attached hydrogens (primary N) is 1. The monoisotopic (exact) mass is 269 g/mol. The molecule has 1 atom stereocenters. The number of carbonyl (C=O) groups is 1. The molecule has 1 aromatic rings.